The number of rotatable bonds is 5. The molecule has 23 heavy (non-hydrogen) atoms. The zero-order chi connectivity index (χ0) is 17.1. The van der Waals surface area contributed by atoms with Crippen LogP contribution in [0.25, 0.3) is 0 Å². The van der Waals surface area contributed by atoms with Crippen LogP contribution >= 0.6 is 0 Å². The minimum absolute atomic E-state index is 0.171. The summed E-state index contributed by atoms with van der Waals surface area (Å²) in [6.07, 6.45) is 0.495. The van der Waals surface area contributed by atoms with Crippen molar-refractivity contribution >= 4 is 17.5 Å². The minimum Gasteiger partial charge on any atom is -0.450 e. The number of aromatic nitrogens is 1. The van der Waals surface area contributed by atoms with Gasteiger partial charge in [-0.3, -0.25) is 9.59 Å². The zero-order valence-corrected chi connectivity index (χ0v) is 13.0. The Bertz CT molecular complexity index is 761. The van der Waals surface area contributed by atoms with E-state index in [0.29, 0.717) is 5.56 Å². The van der Waals surface area contributed by atoms with Crippen LogP contribution in [0.15, 0.2) is 36.5 Å². The highest BCUT2D eigenvalue weighted by Crippen LogP contribution is 2.13. The van der Waals surface area contributed by atoms with Gasteiger partial charge in [-0.25, -0.2) is 9.18 Å². The molecule has 6 heteroatoms. The summed E-state index contributed by atoms with van der Waals surface area (Å²) in [6.45, 7) is 2.84. The number of esters is 1. The van der Waals surface area contributed by atoms with E-state index in [4.69, 9.17) is 4.74 Å². The van der Waals surface area contributed by atoms with E-state index in [0.717, 1.165) is 12.1 Å². The summed E-state index contributed by atoms with van der Waals surface area (Å²) in [5.74, 6) is -1.76. The monoisotopic (exact) mass is 317 g/mol. The van der Waals surface area contributed by atoms with Crippen LogP contribution in [0, 0.1) is 5.82 Å². The molecule has 120 valence electrons. The molecule has 1 aromatic heterocycles. The number of halogens is 1. The van der Waals surface area contributed by atoms with Crippen molar-refractivity contribution in [3.63, 3.8) is 0 Å². The van der Waals surface area contributed by atoms with Gasteiger partial charge < -0.3 is 9.30 Å². The van der Waals surface area contributed by atoms with Crippen LogP contribution in [-0.2, 0) is 11.8 Å². The van der Waals surface area contributed by atoms with Gasteiger partial charge in [0.05, 0.1) is 0 Å². The largest absolute Gasteiger partial charge is 0.450 e. The van der Waals surface area contributed by atoms with E-state index in [2.05, 4.69) is 0 Å². The second-order valence-corrected chi connectivity index (χ2v) is 5.20. The van der Waals surface area contributed by atoms with Crippen molar-refractivity contribution in [2.45, 2.75) is 20.0 Å². The maximum absolute atomic E-state index is 12.9. The number of aryl methyl sites for hydroxylation is 1. The van der Waals surface area contributed by atoms with Gasteiger partial charge in [0, 0.05) is 24.4 Å². The molecular formula is C17H16FNO4. The fourth-order valence-electron chi connectivity index (χ4n) is 2.08. The molecule has 0 fully saturated rings. The summed E-state index contributed by atoms with van der Waals surface area (Å²) in [5.41, 5.74) is 0.814. The Morgan fingerprint density at radius 1 is 1.13 bits per heavy atom. The number of hydrogen-bond acceptors (Lipinski definition) is 4. The van der Waals surface area contributed by atoms with Crippen LogP contribution in [0.1, 0.15) is 45.1 Å². The number of carbonyl (C=O) groups is 3. The lowest BCUT2D eigenvalue weighted by molar-refractivity contribution is 0.0309. The molecule has 1 aromatic carbocycles. The highest BCUT2D eigenvalue weighted by molar-refractivity contribution is 6.02. The van der Waals surface area contributed by atoms with Crippen molar-refractivity contribution in [1.82, 2.24) is 4.57 Å². The van der Waals surface area contributed by atoms with Gasteiger partial charge in [0.1, 0.15) is 11.5 Å². The second kappa shape index (κ2) is 6.56. The number of nitrogens with zero attached hydrogens (tertiary/aromatic N) is 1. The van der Waals surface area contributed by atoms with Crippen LogP contribution < -0.4 is 0 Å². The van der Waals surface area contributed by atoms with Crippen LogP contribution in [-0.4, -0.2) is 28.2 Å². The van der Waals surface area contributed by atoms with E-state index in [1.165, 1.54) is 42.8 Å². The molecule has 2 rings (SSSR count). The molecule has 1 heterocycles. The normalized spacial score (nSPS) is 11.8. The maximum atomic E-state index is 12.9. The zero-order valence-electron chi connectivity index (χ0n) is 13.0. The van der Waals surface area contributed by atoms with Gasteiger partial charge >= 0.3 is 5.97 Å². The predicted octanol–water partition coefficient (Wildman–Crippen LogP) is 2.80. The average molecular weight is 317 g/mol. The lowest BCUT2D eigenvalue weighted by Gasteiger charge is -2.12. The molecule has 0 amide bonds. The standard InChI is InChI=1S/C17H16FNO4/c1-10(20)13-8-15(19(3)9-13)17(22)23-11(2)16(21)12-4-6-14(18)7-5-12/h4-9,11H,1-3H3/t11-/m1/s1. The van der Waals surface area contributed by atoms with Crippen LogP contribution in [0.3, 0.4) is 0 Å². The first-order valence-corrected chi connectivity index (χ1v) is 6.97. The van der Waals surface area contributed by atoms with E-state index in [1.54, 1.807) is 7.05 Å². The first-order chi connectivity index (χ1) is 10.8. The first-order valence-electron chi connectivity index (χ1n) is 6.97. The van der Waals surface area contributed by atoms with Crippen molar-refractivity contribution in [1.29, 1.82) is 0 Å². The molecule has 0 saturated heterocycles. The molecular weight excluding hydrogens is 301 g/mol. The molecule has 2 aromatic rings. The van der Waals surface area contributed by atoms with Gasteiger partial charge in [0.15, 0.2) is 11.9 Å². The third kappa shape index (κ3) is 3.71. The van der Waals surface area contributed by atoms with E-state index < -0.39 is 23.7 Å². The van der Waals surface area contributed by atoms with Crippen molar-refractivity contribution in [3.8, 4) is 0 Å². The second-order valence-electron chi connectivity index (χ2n) is 5.20. The van der Waals surface area contributed by atoms with Gasteiger partial charge in [0.25, 0.3) is 0 Å². The molecule has 0 N–H and O–H groups in total. The van der Waals surface area contributed by atoms with Crippen molar-refractivity contribution < 1.29 is 23.5 Å². The number of Topliss-reactive ketones (excluding diaryl/α,β-unsaturated/α-hetero) is 2. The van der Waals surface area contributed by atoms with Crippen LogP contribution in [0.5, 0.6) is 0 Å². The molecule has 0 aliphatic rings. The molecule has 0 saturated carbocycles. The number of ether oxygens (including phenoxy) is 1. The van der Waals surface area contributed by atoms with Crippen LogP contribution in [0.2, 0.25) is 0 Å². The number of hydrogen-bond donors (Lipinski definition) is 0. The molecule has 0 unspecified atom stereocenters. The molecule has 0 radical (unpaired) electrons. The Kier molecular flexibility index (Phi) is 4.74. The average Bonchev–Trinajstić information content (AvgIpc) is 2.89. The van der Waals surface area contributed by atoms with E-state index in [1.807, 2.05) is 0 Å². The lowest BCUT2D eigenvalue weighted by Crippen LogP contribution is -2.25. The summed E-state index contributed by atoms with van der Waals surface area (Å²) < 4.78 is 19.5. The summed E-state index contributed by atoms with van der Waals surface area (Å²) in [6, 6.07) is 6.41. The Balaban J connectivity index is 2.11. The van der Waals surface area contributed by atoms with E-state index in [-0.39, 0.29) is 17.0 Å². The third-order valence-electron chi connectivity index (χ3n) is 3.40. The van der Waals surface area contributed by atoms with Crippen molar-refractivity contribution in [2.75, 3.05) is 0 Å². The maximum Gasteiger partial charge on any atom is 0.355 e. The number of ketones is 2. The summed E-state index contributed by atoms with van der Waals surface area (Å²) in [5, 5.41) is 0. The Hall–Kier alpha value is -2.76. The van der Waals surface area contributed by atoms with Gasteiger partial charge in [-0.2, -0.15) is 0 Å². The number of carbonyl (C=O) groups excluding carboxylic acids is 3. The molecule has 0 bridgehead atoms. The lowest BCUT2D eigenvalue weighted by atomic mass is 10.1. The molecule has 5 nitrogen and oxygen atoms in total. The van der Waals surface area contributed by atoms with Gasteiger partial charge in [-0.1, -0.05) is 0 Å². The Labute approximate surface area is 132 Å². The van der Waals surface area contributed by atoms with Crippen LogP contribution in [0.4, 0.5) is 4.39 Å². The van der Waals surface area contributed by atoms with Gasteiger partial charge in [-0.15, -0.1) is 0 Å². The smallest absolute Gasteiger partial charge is 0.355 e. The van der Waals surface area contributed by atoms with E-state index in [9.17, 15) is 18.8 Å². The third-order valence-corrected chi connectivity index (χ3v) is 3.40. The molecule has 1 atom stereocenters. The minimum atomic E-state index is -1.02. The fourth-order valence-corrected chi connectivity index (χ4v) is 2.08. The number of benzene rings is 1. The van der Waals surface area contributed by atoms with Gasteiger partial charge in [0.2, 0.25) is 5.78 Å². The first kappa shape index (κ1) is 16.6. The quantitative estimate of drug-likeness (QED) is 0.628. The molecule has 0 spiro atoms. The van der Waals surface area contributed by atoms with Gasteiger partial charge in [-0.05, 0) is 44.2 Å². The topological polar surface area (TPSA) is 65.4 Å². The Morgan fingerprint density at radius 3 is 2.26 bits per heavy atom. The summed E-state index contributed by atoms with van der Waals surface area (Å²) in [4.78, 5) is 35.6. The fraction of sp³-hybridized carbons (Fsp3) is 0.235. The molecule has 0 aliphatic heterocycles. The highest BCUT2D eigenvalue weighted by Gasteiger charge is 2.22. The van der Waals surface area contributed by atoms with Crippen molar-refractivity contribution in [3.05, 3.63) is 59.2 Å². The summed E-state index contributed by atoms with van der Waals surface area (Å²) >= 11 is 0. The predicted molar refractivity (Wildman–Crippen MR) is 81.0 cm³/mol. The highest BCUT2D eigenvalue weighted by atomic mass is 19.1. The van der Waals surface area contributed by atoms with E-state index >= 15 is 0 Å². The molecule has 0 aliphatic carbocycles. The SMILES string of the molecule is CC(=O)c1cc(C(=O)O[C@H](C)C(=O)c2ccc(F)cc2)n(C)c1. The Morgan fingerprint density at radius 2 is 1.74 bits per heavy atom. The van der Waals surface area contributed by atoms with Crippen molar-refractivity contribution in [2.24, 2.45) is 7.05 Å². The summed E-state index contributed by atoms with van der Waals surface area (Å²) in [7, 11) is 1.61.